The molecule has 1 heterocycles. The summed E-state index contributed by atoms with van der Waals surface area (Å²) < 4.78 is 11.5. The molecule has 6 heteroatoms. The summed E-state index contributed by atoms with van der Waals surface area (Å²) in [4.78, 5) is 4.30. The van der Waals surface area contributed by atoms with Crippen molar-refractivity contribution in [1.29, 1.82) is 0 Å². The molecule has 0 unspecified atom stereocenters. The molecule has 0 bridgehead atoms. The summed E-state index contributed by atoms with van der Waals surface area (Å²) in [7, 11) is -0.820. The van der Waals surface area contributed by atoms with E-state index < -0.39 is 8.45 Å². The number of nitrogens with zero attached hydrogens (tertiary/aromatic N) is 3. The normalized spacial score (nSPS) is 12.6. The highest BCUT2D eigenvalue weighted by Gasteiger charge is 2.34. The van der Waals surface area contributed by atoms with Crippen LogP contribution in [-0.4, -0.2) is 51.6 Å². The molecule has 1 aromatic rings. The molecular weight excluding hydrogens is 331 g/mol. The number of nitrogens with one attached hydrogen (secondary N) is 1. The molecule has 0 spiro atoms. The summed E-state index contributed by atoms with van der Waals surface area (Å²) in [6, 6.07) is 7.65. The summed E-state index contributed by atoms with van der Waals surface area (Å²) in [5.74, 6) is 0.893. The number of anilines is 1. The van der Waals surface area contributed by atoms with Crippen LogP contribution >= 0.6 is 8.45 Å². The van der Waals surface area contributed by atoms with Gasteiger partial charge >= 0.3 is 0 Å². The third kappa shape index (κ3) is 7.18. The van der Waals surface area contributed by atoms with Crippen LogP contribution in [0, 0.1) is 0 Å². The van der Waals surface area contributed by atoms with Crippen molar-refractivity contribution in [3.63, 3.8) is 0 Å². The molecule has 144 valence electrons. The lowest BCUT2D eigenvalue weighted by Gasteiger charge is -2.45. The van der Waals surface area contributed by atoms with Gasteiger partial charge in [0.25, 0.3) is 0 Å². The molecule has 5 nitrogen and oxygen atoms in total. The number of hydrogen-bond donors (Lipinski definition) is 1. The van der Waals surface area contributed by atoms with Gasteiger partial charge in [-0.3, -0.25) is 0 Å². The van der Waals surface area contributed by atoms with Crippen LogP contribution in [0.2, 0.25) is 0 Å². The van der Waals surface area contributed by atoms with E-state index in [1.54, 1.807) is 6.20 Å². The van der Waals surface area contributed by atoms with Crippen LogP contribution < -0.4 is 5.32 Å². The molecule has 0 fully saturated rings. The predicted octanol–water partition coefficient (Wildman–Crippen LogP) is 4.97. The first kappa shape index (κ1) is 22.3. The third-order valence-corrected chi connectivity index (χ3v) is 6.84. The molecule has 1 rings (SSSR count). The van der Waals surface area contributed by atoms with Gasteiger partial charge in [-0.15, -0.1) is 0 Å². The highest BCUT2D eigenvalue weighted by molar-refractivity contribution is 7.47. The highest BCUT2D eigenvalue weighted by atomic mass is 31.2. The van der Waals surface area contributed by atoms with Gasteiger partial charge in [0.15, 0.2) is 8.45 Å². The van der Waals surface area contributed by atoms with Crippen molar-refractivity contribution >= 4 is 14.3 Å². The number of hydrogen-bond acceptors (Lipinski definition) is 5. The molecule has 0 aliphatic heterocycles. The highest BCUT2D eigenvalue weighted by Crippen LogP contribution is 2.50. The van der Waals surface area contributed by atoms with Gasteiger partial charge in [0.2, 0.25) is 0 Å². The summed E-state index contributed by atoms with van der Waals surface area (Å²) in [5.41, 5.74) is 0. The van der Waals surface area contributed by atoms with Crippen LogP contribution in [0.3, 0.4) is 0 Å². The average molecular weight is 369 g/mol. The number of rotatable bonds is 11. The first-order valence-corrected chi connectivity index (χ1v) is 10.6. The molecule has 1 N–H and O–H groups in total. The van der Waals surface area contributed by atoms with Gasteiger partial charge in [-0.1, -0.05) is 6.07 Å². The lowest BCUT2D eigenvalue weighted by molar-refractivity contribution is 0.190. The fourth-order valence-electron chi connectivity index (χ4n) is 3.01. The molecule has 0 aliphatic carbocycles. The Morgan fingerprint density at radius 1 is 0.920 bits per heavy atom. The molecule has 0 saturated heterocycles. The van der Waals surface area contributed by atoms with Gasteiger partial charge in [-0.05, 0) is 67.5 Å². The molecule has 0 atom stereocenters. The molecule has 0 aliphatic rings. The third-order valence-electron chi connectivity index (χ3n) is 3.79. The zero-order valence-corrected chi connectivity index (χ0v) is 18.1. The van der Waals surface area contributed by atoms with E-state index in [2.05, 4.69) is 75.0 Å². The molecule has 25 heavy (non-hydrogen) atoms. The van der Waals surface area contributed by atoms with E-state index in [9.17, 15) is 0 Å². The van der Waals surface area contributed by atoms with Crippen LogP contribution in [0.4, 0.5) is 5.82 Å². The lowest BCUT2D eigenvalue weighted by atomic mass is 10.3. The monoisotopic (exact) mass is 368 g/mol. The van der Waals surface area contributed by atoms with Gasteiger partial charge in [-0.2, -0.15) is 0 Å². The van der Waals surface area contributed by atoms with Crippen molar-refractivity contribution < 1.29 is 4.52 Å². The molecule has 1 aromatic heterocycles. The molecule has 0 saturated carbocycles. The Hall–Kier alpha value is -0.740. The van der Waals surface area contributed by atoms with Crippen LogP contribution in [-0.2, 0) is 4.52 Å². The van der Waals surface area contributed by atoms with Crippen LogP contribution in [0.1, 0.15) is 55.4 Å². The van der Waals surface area contributed by atoms with Gasteiger partial charge in [-0.25, -0.2) is 14.3 Å². The minimum absolute atomic E-state index is 0.440. The van der Waals surface area contributed by atoms with E-state index in [0.29, 0.717) is 30.8 Å². The van der Waals surface area contributed by atoms with Crippen molar-refractivity contribution in [2.75, 3.05) is 18.5 Å². The fraction of sp³-hybridized carbons (Fsp3) is 0.737. The van der Waals surface area contributed by atoms with Gasteiger partial charge in [0.05, 0.1) is 6.61 Å². The van der Waals surface area contributed by atoms with E-state index in [1.165, 1.54) is 0 Å². The fourth-order valence-corrected chi connectivity index (χ4v) is 5.35. The molecule has 0 amide bonds. The van der Waals surface area contributed by atoms with E-state index in [-0.39, 0.29) is 0 Å². The van der Waals surface area contributed by atoms with E-state index in [0.717, 1.165) is 12.4 Å². The maximum Gasteiger partial charge on any atom is 0.189 e. The van der Waals surface area contributed by atoms with Crippen molar-refractivity contribution in [2.24, 2.45) is 0 Å². The smallest absolute Gasteiger partial charge is 0.189 e. The minimum Gasteiger partial charge on any atom is -0.368 e. The first-order valence-electron chi connectivity index (χ1n) is 9.40. The standard InChI is InChI=1S/C19H37N4OP/c1-15(2)22(16(3)4)25(23(17(5)6)18(7)8)24-14-13-21-19-11-9-10-12-20-19/h9-12,15-18H,13-14H2,1-8H3,(H,20,21). The van der Waals surface area contributed by atoms with Crippen molar-refractivity contribution in [3.05, 3.63) is 24.4 Å². The first-order chi connectivity index (χ1) is 11.8. The second-order valence-electron chi connectivity index (χ2n) is 7.36. The number of aromatic nitrogens is 1. The van der Waals surface area contributed by atoms with Crippen LogP contribution in [0.5, 0.6) is 0 Å². The predicted molar refractivity (Wildman–Crippen MR) is 110 cm³/mol. The lowest BCUT2D eigenvalue weighted by Crippen LogP contribution is -2.43. The SMILES string of the molecule is CC(C)N(C(C)C)P(OCCNc1ccccn1)N(C(C)C)C(C)C. The molecular formula is C19H37N4OP. The van der Waals surface area contributed by atoms with Crippen molar-refractivity contribution in [1.82, 2.24) is 14.3 Å². The zero-order chi connectivity index (χ0) is 19.0. The summed E-state index contributed by atoms with van der Waals surface area (Å²) in [5, 5.41) is 3.33. The Morgan fingerprint density at radius 3 is 1.84 bits per heavy atom. The quantitative estimate of drug-likeness (QED) is 0.441. The number of pyridine rings is 1. The Balaban J connectivity index is 2.79. The van der Waals surface area contributed by atoms with Crippen LogP contribution in [0.15, 0.2) is 24.4 Å². The maximum absolute atomic E-state index is 6.46. The van der Waals surface area contributed by atoms with E-state index in [4.69, 9.17) is 4.52 Å². The average Bonchev–Trinajstić information content (AvgIpc) is 2.50. The second kappa shape index (κ2) is 11.1. The molecule has 0 aromatic carbocycles. The topological polar surface area (TPSA) is 40.6 Å². The molecule has 0 radical (unpaired) electrons. The largest absolute Gasteiger partial charge is 0.368 e. The van der Waals surface area contributed by atoms with E-state index >= 15 is 0 Å². The van der Waals surface area contributed by atoms with Crippen molar-refractivity contribution in [3.8, 4) is 0 Å². The van der Waals surface area contributed by atoms with E-state index in [1.807, 2.05) is 18.2 Å². The van der Waals surface area contributed by atoms with Gasteiger partial charge in [0, 0.05) is 36.9 Å². The Morgan fingerprint density at radius 2 is 1.44 bits per heavy atom. The Kier molecular flexibility index (Phi) is 9.88. The summed E-state index contributed by atoms with van der Waals surface area (Å²) in [6.07, 6.45) is 1.80. The van der Waals surface area contributed by atoms with Gasteiger partial charge < -0.3 is 9.84 Å². The Labute approximate surface area is 156 Å². The van der Waals surface area contributed by atoms with Crippen LogP contribution in [0.25, 0.3) is 0 Å². The minimum atomic E-state index is -0.820. The second-order valence-corrected chi connectivity index (χ2v) is 9.05. The zero-order valence-electron chi connectivity index (χ0n) is 17.2. The summed E-state index contributed by atoms with van der Waals surface area (Å²) in [6.45, 7) is 19.4. The van der Waals surface area contributed by atoms with Gasteiger partial charge in [0.1, 0.15) is 5.82 Å². The summed E-state index contributed by atoms with van der Waals surface area (Å²) >= 11 is 0. The maximum atomic E-state index is 6.46. The van der Waals surface area contributed by atoms with Crippen molar-refractivity contribution in [2.45, 2.75) is 79.6 Å². The Bertz CT molecular complexity index is 432.